The van der Waals surface area contributed by atoms with Crippen LogP contribution in [0.1, 0.15) is 27.0 Å². The number of nitrogens with zero attached hydrogens (tertiary/aromatic N) is 4. The van der Waals surface area contributed by atoms with Crippen molar-refractivity contribution in [2.24, 2.45) is 0 Å². The number of carbonyl (C=O) groups is 1. The van der Waals surface area contributed by atoms with Gasteiger partial charge in [0, 0.05) is 48.9 Å². The lowest BCUT2D eigenvalue weighted by Crippen LogP contribution is -2.48. The molecule has 3 aromatic carbocycles. The summed E-state index contributed by atoms with van der Waals surface area (Å²) in [6.07, 6.45) is 1.72. The Hall–Kier alpha value is -4.34. The van der Waals surface area contributed by atoms with Crippen LogP contribution in [-0.2, 0) is 19.4 Å². The van der Waals surface area contributed by atoms with E-state index in [0.717, 1.165) is 79.5 Å². The van der Waals surface area contributed by atoms with E-state index in [4.69, 9.17) is 31.9 Å². The first kappa shape index (κ1) is 27.8. The Bertz CT molecular complexity index is 1570. The summed E-state index contributed by atoms with van der Waals surface area (Å²) in [5.74, 6) is 1.76. The molecule has 1 aliphatic heterocycles. The van der Waals surface area contributed by atoms with Crippen LogP contribution in [0.4, 0.5) is 11.8 Å². The van der Waals surface area contributed by atoms with E-state index in [1.807, 2.05) is 30.3 Å². The highest BCUT2D eigenvalue weighted by atomic mass is 35.5. The zero-order valence-electron chi connectivity index (χ0n) is 23.1. The van der Waals surface area contributed by atoms with Gasteiger partial charge in [-0.1, -0.05) is 23.7 Å². The molecule has 4 aromatic rings. The Balaban J connectivity index is 1.07. The minimum atomic E-state index is -0.944. The van der Waals surface area contributed by atoms with Gasteiger partial charge in [0.25, 0.3) is 0 Å². The Morgan fingerprint density at radius 1 is 0.905 bits per heavy atom. The molecule has 216 valence electrons. The molecule has 2 heterocycles. The van der Waals surface area contributed by atoms with Crippen LogP contribution in [0, 0.1) is 0 Å². The molecule has 1 saturated heterocycles. The number of halogens is 1. The number of ether oxygens (including phenoxy) is 2. The third kappa shape index (κ3) is 6.27. The van der Waals surface area contributed by atoms with Gasteiger partial charge in [0.1, 0.15) is 30.5 Å². The molecule has 0 bridgehead atoms. The second kappa shape index (κ2) is 12.3. The molecule has 0 spiro atoms. The van der Waals surface area contributed by atoms with Crippen molar-refractivity contribution in [2.75, 3.05) is 50.0 Å². The minimum absolute atomic E-state index is 0.249. The highest BCUT2D eigenvalue weighted by molar-refractivity contribution is 6.30. The third-order valence-electron chi connectivity index (χ3n) is 7.75. The number of aromatic carboxylic acids is 1. The summed E-state index contributed by atoms with van der Waals surface area (Å²) in [6, 6.07) is 20.3. The molecule has 6 rings (SSSR count). The number of nitrogen functional groups attached to an aromatic ring is 1. The molecule has 0 saturated carbocycles. The van der Waals surface area contributed by atoms with Gasteiger partial charge in [0.15, 0.2) is 0 Å². The van der Waals surface area contributed by atoms with E-state index in [0.29, 0.717) is 24.0 Å². The van der Waals surface area contributed by atoms with Gasteiger partial charge < -0.3 is 25.2 Å². The number of fused-ring (bicyclic) bond motifs is 3. The topological polar surface area (TPSA) is 114 Å². The van der Waals surface area contributed by atoms with Gasteiger partial charge in [-0.05, 0) is 78.6 Å². The van der Waals surface area contributed by atoms with Crippen LogP contribution in [-0.4, -0.2) is 65.3 Å². The lowest BCUT2D eigenvalue weighted by Gasteiger charge is -2.37. The molecule has 42 heavy (non-hydrogen) atoms. The fraction of sp³-hybridized carbons (Fsp3) is 0.281. The first-order valence-corrected chi connectivity index (χ1v) is 14.4. The van der Waals surface area contributed by atoms with Crippen LogP contribution in [0.5, 0.6) is 11.5 Å². The second-order valence-corrected chi connectivity index (χ2v) is 10.9. The van der Waals surface area contributed by atoms with Crippen LogP contribution in [0.25, 0.3) is 11.3 Å². The summed E-state index contributed by atoms with van der Waals surface area (Å²) in [4.78, 5) is 25.1. The summed E-state index contributed by atoms with van der Waals surface area (Å²) in [7, 11) is 0. The molecule has 0 atom stereocenters. The maximum Gasteiger partial charge on any atom is 0.335 e. The molecule has 1 aromatic heterocycles. The predicted octanol–water partition coefficient (Wildman–Crippen LogP) is 4.96. The molecular formula is C32H32ClN5O4. The maximum atomic E-state index is 11.0. The van der Waals surface area contributed by atoms with E-state index in [9.17, 15) is 4.79 Å². The van der Waals surface area contributed by atoms with Gasteiger partial charge in [0.05, 0.1) is 11.3 Å². The Kier molecular flexibility index (Phi) is 8.12. The first-order chi connectivity index (χ1) is 20.4. The van der Waals surface area contributed by atoms with Crippen molar-refractivity contribution < 1.29 is 19.4 Å². The average molecular weight is 586 g/mol. The molecule has 2 aliphatic rings. The number of aromatic nitrogens is 2. The predicted molar refractivity (Wildman–Crippen MR) is 163 cm³/mol. The summed E-state index contributed by atoms with van der Waals surface area (Å²) >= 11 is 5.99. The second-order valence-electron chi connectivity index (χ2n) is 10.5. The fourth-order valence-electron chi connectivity index (χ4n) is 5.48. The summed E-state index contributed by atoms with van der Waals surface area (Å²) < 4.78 is 11.9. The zero-order chi connectivity index (χ0) is 29.1. The number of carboxylic acids is 1. The Morgan fingerprint density at radius 2 is 1.64 bits per heavy atom. The molecule has 1 fully saturated rings. The molecule has 3 N–H and O–H groups in total. The Labute approximate surface area is 249 Å². The van der Waals surface area contributed by atoms with Gasteiger partial charge in [0.2, 0.25) is 5.95 Å². The molecule has 9 nitrogen and oxygen atoms in total. The number of aryl methyl sites for hydroxylation is 1. The molecule has 0 radical (unpaired) electrons. The first-order valence-electron chi connectivity index (χ1n) is 14.0. The number of nitrogens with two attached hydrogens (primary N) is 1. The number of piperazine rings is 1. The molecule has 10 heteroatoms. The average Bonchev–Trinajstić information content (AvgIpc) is 3.01. The molecular weight excluding hydrogens is 554 g/mol. The third-order valence-corrected chi connectivity index (χ3v) is 8.00. The number of anilines is 2. The summed E-state index contributed by atoms with van der Waals surface area (Å²) in [5, 5.41) is 9.75. The van der Waals surface area contributed by atoms with Crippen LogP contribution in [0.2, 0.25) is 5.02 Å². The van der Waals surface area contributed by atoms with Gasteiger partial charge in [-0.25, -0.2) is 9.78 Å². The summed E-state index contributed by atoms with van der Waals surface area (Å²) in [6.45, 7) is 5.22. The van der Waals surface area contributed by atoms with E-state index in [-0.39, 0.29) is 11.5 Å². The highest BCUT2D eigenvalue weighted by Crippen LogP contribution is 2.38. The monoisotopic (exact) mass is 585 g/mol. The largest absolute Gasteiger partial charge is 0.492 e. The van der Waals surface area contributed by atoms with Crippen molar-refractivity contribution in [3.05, 3.63) is 94.0 Å². The zero-order valence-corrected chi connectivity index (χ0v) is 23.9. The minimum Gasteiger partial charge on any atom is -0.492 e. The van der Waals surface area contributed by atoms with E-state index in [1.54, 1.807) is 24.3 Å². The quantitative estimate of drug-likeness (QED) is 0.281. The normalized spacial score (nSPS) is 14.6. The fourth-order valence-corrected chi connectivity index (χ4v) is 5.60. The molecule has 0 unspecified atom stereocenters. The smallest absolute Gasteiger partial charge is 0.335 e. The number of hydrogen-bond acceptors (Lipinski definition) is 8. The lowest BCUT2D eigenvalue weighted by atomic mass is 9.88. The molecule has 0 amide bonds. The van der Waals surface area contributed by atoms with Crippen LogP contribution in [0.15, 0.2) is 66.7 Å². The number of benzene rings is 3. The Morgan fingerprint density at radius 3 is 2.38 bits per heavy atom. The van der Waals surface area contributed by atoms with Crippen molar-refractivity contribution in [3.63, 3.8) is 0 Å². The van der Waals surface area contributed by atoms with E-state index in [2.05, 4.69) is 31.9 Å². The van der Waals surface area contributed by atoms with E-state index in [1.165, 1.54) is 5.56 Å². The van der Waals surface area contributed by atoms with Crippen LogP contribution in [0.3, 0.4) is 0 Å². The number of rotatable bonds is 9. The van der Waals surface area contributed by atoms with Crippen LogP contribution < -0.4 is 20.1 Å². The lowest BCUT2D eigenvalue weighted by molar-refractivity contribution is 0.0697. The number of hydrogen-bond donors (Lipinski definition) is 2. The standard InChI is InChI=1S/C32H32ClN5O4/c33-24-6-1-21(2-7-24)20-42-26-10-12-27-23(19-26)5-11-28-29(27)35-32(34)36-30(28)38-15-13-37(14-16-38)17-18-41-25-8-3-22(4-9-25)31(39)40/h1-4,6-10,12,19H,5,11,13-18,20H2,(H,39,40)(H2,34,35,36). The SMILES string of the molecule is Nc1nc2c(c(N3CCN(CCOc4ccc(C(=O)O)cc4)CC3)n1)CCc1cc(OCc3ccc(Cl)cc3)ccc1-2. The van der Waals surface area contributed by atoms with Crippen molar-refractivity contribution in [1.29, 1.82) is 0 Å². The van der Waals surface area contributed by atoms with Gasteiger partial charge in [-0.3, -0.25) is 4.90 Å². The van der Waals surface area contributed by atoms with Crippen molar-refractivity contribution in [3.8, 4) is 22.8 Å². The van der Waals surface area contributed by atoms with E-state index < -0.39 is 5.97 Å². The van der Waals surface area contributed by atoms with E-state index >= 15 is 0 Å². The van der Waals surface area contributed by atoms with Gasteiger partial charge in [-0.2, -0.15) is 4.98 Å². The van der Waals surface area contributed by atoms with Gasteiger partial charge in [-0.15, -0.1) is 0 Å². The van der Waals surface area contributed by atoms with Crippen LogP contribution >= 0.6 is 11.6 Å². The highest BCUT2D eigenvalue weighted by Gasteiger charge is 2.27. The van der Waals surface area contributed by atoms with Crippen molar-refractivity contribution in [1.82, 2.24) is 14.9 Å². The summed E-state index contributed by atoms with van der Waals surface area (Å²) in [5.41, 5.74) is 11.9. The van der Waals surface area contributed by atoms with Crippen molar-refractivity contribution in [2.45, 2.75) is 19.4 Å². The maximum absolute atomic E-state index is 11.0. The number of carboxylic acid groups (broad SMARTS) is 1. The van der Waals surface area contributed by atoms with Gasteiger partial charge >= 0.3 is 5.97 Å². The van der Waals surface area contributed by atoms with Crippen molar-refractivity contribution >= 4 is 29.3 Å². The molecule has 1 aliphatic carbocycles.